The van der Waals surface area contributed by atoms with Crippen LogP contribution in [-0.4, -0.2) is 22.2 Å². The molecule has 7 nitrogen and oxygen atoms in total. The number of halogens is 2. The van der Waals surface area contributed by atoms with E-state index in [0.717, 1.165) is 3.57 Å². The summed E-state index contributed by atoms with van der Waals surface area (Å²) in [4.78, 5) is 21.9. The van der Waals surface area contributed by atoms with Crippen molar-refractivity contribution in [1.82, 2.24) is 5.43 Å². The molecule has 9 heteroatoms. The number of hydrogen-bond acceptors (Lipinski definition) is 5. The number of nitrogens with zero attached hydrogens (tertiary/aromatic N) is 2. The number of non-ortho nitro benzene ring substituents is 1. The molecule has 2 aromatic carbocycles. The van der Waals surface area contributed by atoms with Crippen LogP contribution in [0.4, 0.5) is 5.69 Å². The molecule has 0 aliphatic rings. The minimum atomic E-state index is -0.497. The summed E-state index contributed by atoms with van der Waals surface area (Å²) in [7, 11) is 0. The number of nitro benzene ring substituents is 1. The van der Waals surface area contributed by atoms with Gasteiger partial charge in [0.05, 0.1) is 21.1 Å². The SMILES string of the molecule is O=C(Cc1ccc([N+](=O)[O-])cc1)N/N=C/c1cc(I)cc(I)c1O. The molecule has 0 radical (unpaired) electrons. The fourth-order valence-corrected chi connectivity index (χ4v) is 3.71. The van der Waals surface area contributed by atoms with Crippen molar-refractivity contribution in [3.63, 3.8) is 0 Å². The van der Waals surface area contributed by atoms with Crippen LogP contribution in [0.2, 0.25) is 0 Å². The van der Waals surface area contributed by atoms with E-state index in [-0.39, 0.29) is 23.8 Å². The Hall–Kier alpha value is -1.76. The van der Waals surface area contributed by atoms with Gasteiger partial charge in [0.15, 0.2) is 0 Å². The predicted molar refractivity (Wildman–Crippen MR) is 106 cm³/mol. The van der Waals surface area contributed by atoms with Crippen molar-refractivity contribution in [3.8, 4) is 5.75 Å². The normalized spacial score (nSPS) is 10.8. The second kappa shape index (κ2) is 8.37. The summed E-state index contributed by atoms with van der Waals surface area (Å²) >= 11 is 4.13. The topological polar surface area (TPSA) is 105 Å². The van der Waals surface area contributed by atoms with Crippen LogP contribution in [0.25, 0.3) is 0 Å². The Morgan fingerprint density at radius 1 is 1.29 bits per heavy atom. The Morgan fingerprint density at radius 2 is 1.96 bits per heavy atom. The van der Waals surface area contributed by atoms with Crippen LogP contribution in [0.15, 0.2) is 41.5 Å². The van der Waals surface area contributed by atoms with Crippen LogP contribution in [0.5, 0.6) is 5.75 Å². The van der Waals surface area contributed by atoms with E-state index in [2.05, 4.69) is 33.1 Å². The quantitative estimate of drug-likeness (QED) is 0.258. The monoisotopic (exact) mass is 551 g/mol. The number of hydrazone groups is 1. The van der Waals surface area contributed by atoms with Crippen molar-refractivity contribution in [2.24, 2.45) is 5.10 Å². The van der Waals surface area contributed by atoms with Crippen LogP contribution in [0.1, 0.15) is 11.1 Å². The van der Waals surface area contributed by atoms with Gasteiger partial charge in [-0.2, -0.15) is 5.10 Å². The lowest BCUT2D eigenvalue weighted by Gasteiger charge is -2.03. The molecule has 0 heterocycles. The van der Waals surface area contributed by atoms with Gasteiger partial charge in [-0.3, -0.25) is 14.9 Å². The standard InChI is InChI=1S/C15H11I2N3O4/c16-11-6-10(15(22)13(17)7-11)8-18-19-14(21)5-9-1-3-12(4-2-9)20(23)24/h1-4,6-8,22H,5H2,(H,19,21)/b18-8+. The first-order chi connectivity index (χ1) is 11.4. The van der Waals surface area contributed by atoms with E-state index in [1.54, 1.807) is 6.07 Å². The van der Waals surface area contributed by atoms with Crippen LogP contribution in [0.3, 0.4) is 0 Å². The molecule has 0 spiro atoms. The average molecular weight is 551 g/mol. The molecule has 24 heavy (non-hydrogen) atoms. The molecule has 2 N–H and O–H groups in total. The highest BCUT2D eigenvalue weighted by atomic mass is 127. The van der Waals surface area contributed by atoms with E-state index in [9.17, 15) is 20.0 Å². The van der Waals surface area contributed by atoms with Crippen molar-refractivity contribution < 1.29 is 14.8 Å². The molecule has 0 atom stereocenters. The number of phenols is 1. The molecule has 0 fully saturated rings. The van der Waals surface area contributed by atoms with E-state index in [1.165, 1.54) is 30.5 Å². The Labute approximate surface area is 164 Å². The van der Waals surface area contributed by atoms with E-state index in [0.29, 0.717) is 14.7 Å². The molecule has 0 unspecified atom stereocenters. The zero-order chi connectivity index (χ0) is 17.7. The van der Waals surface area contributed by atoms with Crippen LogP contribution in [0, 0.1) is 17.3 Å². The molecule has 0 aliphatic heterocycles. The highest BCUT2D eigenvalue weighted by Crippen LogP contribution is 2.25. The van der Waals surface area contributed by atoms with E-state index >= 15 is 0 Å². The number of carbonyl (C=O) groups is 1. The number of amides is 1. The van der Waals surface area contributed by atoms with Crippen molar-refractivity contribution >= 4 is 63.0 Å². The highest BCUT2D eigenvalue weighted by Gasteiger charge is 2.08. The van der Waals surface area contributed by atoms with Crippen LogP contribution in [-0.2, 0) is 11.2 Å². The number of carbonyl (C=O) groups excluding carboxylic acids is 1. The molecule has 2 aromatic rings. The Kier molecular flexibility index (Phi) is 6.48. The molecule has 0 aliphatic carbocycles. The van der Waals surface area contributed by atoms with Crippen LogP contribution < -0.4 is 5.43 Å². The first kappa shape index (κ1) is 18.6. The number of benzene rings is 2. The zero-order valence-corrected chi connectivity index (χ0v) is 16.4. The van der Waals surface area contributed by atoms with Gasteiger partial charge in [0.25, 0.3) is 5.69 Å². The maximum Gasteiger partial charge on any atom is 0.269 e. The largest absolute Gasteiger partial charge is 0.506 e. The fourth-order valence-electron chi connectivity index (χ4n) is 1.82. The van der Waals surface area contributed by atoms with Gasteiger partial charge in [0, 0.05) is 21.3 Å². The van der Waals surface area contributed by atoms with E-state index in [1.807, 2.05) is 28.7 Å². The summed E-state index contributed by atoms with van der Waals surface area (Å²) in [6.45, 7) is 0. The summed E-state index contributed by atoms with van der Waals surface area (Å²) < 4.78 is 1.63. The molecular formula is C15H11I2N3O4. The highest BCUT2D eigenvalue weighted by molar-refractivity contribution is 14.1. The second-order valence-corrected chi connectivity index (χ2v) is 7.13. The number of phenolic OH excluding ortho intramolecular Hbond substituents is 1. The van der Waals surface area contributed by atoms with Crippen molar-refractivity contribution in [1.29, 1.82) is 0 Å². The smallest absolute Gasteiger partial charge is 0.269 e. The lowest BCUT2D eigenvalue weighted by Crippen LogP contribution is -2.19. The summed E-state index contributed by atoms with van der Waals surface area (Å²) in [5, 5.41) is 24.3. The molecule has 0 saturated heterocycles. The Morgan fingerprint density at radius 3 is 2.58 bits per heavy atom. The number of nitro groups is 1. The molecule has 124 valence electrons. The van der Waals surface area contributed by atoms with Crippen molar-refractivity contribution in [3.05, 3.63) is 64.8 Å². The van der Waals surface area contributed by atoms with Gasteiger partial charge in [-0.05, 0) is 62.9 Å². The second-order valence-electron chi connectivity index (χ2n) is 4.72. The first-order valence-corrected chi connectivity index (χ1v) is 8.76. The summed E-state index contributed by atoms with van der Waals surface area (Å²) in [5.41, 5.74) is 3.48. The molecular weight excluding hydrogens is 540 g/mol. The molecule has 1 amide bonds. The number of hydrogen-bond donors (Lipinski definition) is 2. The fraction of sp³-hybridized carbons (Fsp3) is 0.0667. The van der Waals surface area contributed by atoms with Gasteiger partial charge < -0.3 is 5.11 Å². The number of aromatic hydroxyl groups is 1. The minimum Gasteiger partial charge on any atom is -0.506 e. The van der Waals surface area contributed by atoms with Gasteiger partial charge in [-0.1, -0.05) is 12.1 Å². The molecule has 0 saturated carbocycles. The van der Waals surface area contributed by atoms with Gasteiger partial charge in [-0.15, -0.1) is 0 Å². The van der Waals surface area contributed by atoms with Gasteiger partial charge >= 0.3 is 0 Å². The third-order valence-electron chi connectivity index (χ3n) is 2.96. The third-order valence-corrected chi connectivity index (χ3v) is 4.41. The van der Waals surface area contributed by atoms with E-state index < -0.39 is 4.92 Å². The molecule has 2 rings (SSSR count). The molecule has 0 aromatic heterocycles. The summed E-state index contributed by atoms with van der Waals surface area (Å²) in [5.74, 6) is -0.260. The lowest BCUT2D eigenvalue weighted by atomic mass is 10.1. The number of rotatable bonds is 5. The summed E-state index contributed by atoms with van der Waals surface area (Å²) in [6.07, 6.45) is 1.42. The Bertz CT molecular complexity index is 807. The van der Waals surface area contributed by atoms with Gasteiger partial charge in [0.2, 0.25) is 5.91 Å². The maximum atomic E-state index is 11.8. The minimum absolute atomic E-state index is 0.0269. The predicted octanol–water partition coefficient (Wildman–Crippen LogP) is 3.20. The van der Waals surface area contributed by atoms with E-state index in [4.69, 9.17) is 0 Å². The van der Waals surface area contributed by atoms with Crippen LogP contribution >= 0.6 is 45.2 Å². The average Bonchev–Trinajstić information content (AvgIpc) is 2.52. The molecule has 0 bridgehead atoms. The zero-order valence-electron chi connectivity index (χ0n) is 12.1. The number of nitrogens with one attached hydrogen (secondary N) is 1. The lowest BCUT2D eigenvalue weighted by molar-refractivity contribution is -0.384. The third kappa shape index (κ3) is 5.12. The van der Waals surface area contributed by atoms with Crippen molar-refractivity contribution in [2.75, 3.05) is 0 Å². The van der Waals surface area contributed by atoms with Crippen molar-refractivity contribution in [2.45, 2.75) is 6.42 Å². The Balaban J connectivity index is 1.97. The first-order valence-electron chi connectivity index (χ1n) is 6.60. The van der Waals surface area contributed by atoms with Gasteiger partial charge in [-0.25, -0.2) is 5.43 Å². The summed E-state index contributed by atoms with van der Waals surface area (Å²) in [6, 6.07) is 9.30. The maximum absolute atomic E-state index is 11.8. The van der Waals surface area contributed by atoms with Gasteiger partial charge in [0.1, 0.15) is 5.75 Å².